The Kier molecular flexibility index (Phi) is 89.3. The van der Waals surface area contributed by atoms with Crippen LogP contribution in [-0.4, -0.2) is 29.4 Å². The van der Waals surface area contributed by atoms with Gasteiger partial charge >= 0.3 is 17.2 Å². The maximum absolute atomic E-state index is 7.23. The maximum atomic E-state index is 7.23. The average molecular weight is 300 g/mol. The van der Waals surface area contributed by atoms with E-state index < -0.39 is 17.2 Å². The largest absolute Gasteiger partial charge is 0.328 e. The molecule has 6 nitrogen and oxygen atoms in total. The van der Waals surface area contributed by atoms with E-state index in [1.807, 2.05) is 0 Å². The first-order chi connectivity index (χ1) is 3.46. The van der Waals surface area contributed by atoms with Crippen molar-refractivity contribution in [2.24, 2.45) is 0 Å². The smallest absolute Gasteiger partial charge is 0.324 e. The average Bonchev–Trinajstić information content (AvgIpc) is 1.25. The van der Waals surface area contributed by atoms with Crippen molar-refractivity contribution in [3.8, 4) is 0 Å². The summed E-state index contributed by atoms with van der Waals surface area (Å²) in [7, 11) is -5.24. The van der Waals surface area contributed by atoms with E-state index in [1.54, 1.807) is 0 Å². The Morgan fingerprint density at radius 2 is 0.417 bits per heavy atom. The molecule has 12 heavy (non-hydrogen) atoms. The van der Waals surface area contributed by atoms with Gasteiger partial charge in [0, 0.05) is 0 Å². The van der Waals surface area contributed by atoms with Crippen LogP contribution in [0.2, 0.25) is 0 Å². The van der Waals surface area contributed by atoms with Crippen LogP contribution in [0.25, 0.3) is 0 Å². The van der Waals surface area contributed by atoms with Crippen LogP contribution < -0.4 is 0 Å². The summed E-state index contributed by atoms with van der Waals surface area (Å²) in [6.07, 6.45) is 0. The zero-order chi connectivity index (χ0) is 7.15. The zero-order valence-electron chi connectivity index (χ0n) is 6.41. The standard InChI is InChI=1S/2H3O3P.4H3P/c2*1-4(2)3;;;;/h2*1-3H;4*1H3. The van der Waals surface area contributed by atoms with Crippen molar-refractivity contribution < 1.29 is 29.4 Å². The van der Waals surface area contributed by atoms with Crippen molar-refractivity contribution in [2.45, 2.75) is 0 Å². The minimum Gasteiger partial charge on any atom is -0.328 e. The maximum Gasteiger partial charge on any atom is 0.324 e. The topological polar surface area (TPSA) is 121 Å². The lowest BCUT2D eigenvalue weighted by atomic mass is 15.8. The summed E-state index contributed by atoms with van der Waals surface area (Å²) < 4.78 is 0. The Morgan fingerprint density at radius 1 is 0.417 bits per heavy atom. The van der Waals surface area contributed by atoms with Crippen molar-refractivity contribution in [1.29, 1.82) is 0 Å². The van der Waals surface area contributed by atoms with Gasteiger partial charge < -0.3 is 29.4 Å². The van der Waals surface area contributed by atoms with Crippen molar-refractivity contribution in [3.63, 3.8) is 0 Å². The van der Waals surface area contributed by atoms with Gasteiger partial charge in [0.25, 0.3) is 0 Å². The molecule has 0 saturated heterocycles. The Balaban J connectivity index is -0.0000000112. The fourth-order valence-corrected chi connectivity index (χ4v) is 0. The Labute approximate surface area is 86.7 Å². The third-order valence-corrected chi connectivity index (χ3v) is 0. The molecule has 0 radical (unpaired) electrons. The van der Waals surface area contributed by atoms with Crippen LogP contribution in [0, 0.1) is 0 Å². The second-order valence-electron chi connectivity index (χ2n) is 0.537. The molecule has 0 aliphatic carbocycles. The molecule has 0 saturated carbocycles. The number of hydrogen-bond donors (Lipinski definition) is 6. The number of hydrogen-bond acceptors (Lipinski definition) is 6. The molecule has 6 N–H and O–H groups in total. The molecule has 84 valence electrons. The molecule has 0 aromatic rings. The van der Waals surface area contributed by atoms with E-state index in [1.165, 1.54) is 0 Å². The van der Waals surface area contributed by atoms with Crippen LogP contribution in [0.5, 0.6) is 0 Å². The minimum atomic E-state index is -2.62. The van der Waals surface area contributed by atoms with E-state index in [0.29, 0.717) is 0 Å². The van der Waals surface area contributed by atoms with Crippen LogP contribution in [0.1, 0.15) is 0 Å². The molecule has 0 amide bonds. The first kappa shape index (κ1) is 36.7. The normalized spacial score (nSPS) is 6.00. The van der Waals surface area contributed by atoms with Crippen LogP contribution >= 0.6 is 56.8 Å². The highest BCUT2D eigenvalue weighted by molar-refractivity contribution is 7.38. The van der Waals surface area contributed by atoms with Gasteiger partial charge in [-0.2, -0.15) is 39.6 Å². The molecule has 0 aromatic heterocycles. The van der Waals surface area contributed by atoms with E-state index in [0.717, 1.165) is 0 Å². The van der Waals surface area contributed by atoms with Crippen molar-refractivity contribution in [1.82, 2.24) is 0 Å². The molecule has 0 fully saturated rings. The Morgan fingerprint density at radius 3 is 0.417 bits per heavy atom. The minimum absolute atomic E-state index is 0. The molecule has 0 bridgehead atoms. The third kappa shape index (κ3) is 290. The lowest BCUT2D eigenvalue weighted by Crippen LogP contribution is -1.54. The van der Waals surface area contributed by atoms with Crippen LogP contribution in [-0.2, 0) is 0 Å². The molecular weight excluding hydrogens is 282 g/mol. The zero-order valence-corrected chi connectivity index (χ0v) is 13.9. The van der Waals surface area contributed by atoms with Gasteiger partial charge in [-0.15, -0.1) is 0 Å². The fraction of sp³-hybridized carbons (Fsp3) is 0. The Bertz CT molecular complexity index is 27.5. The highest BCUT2D eigenvalue weighted by Gasteiger charge is 1.76. The lowest BCUT2D eigenvalue weighted by Gasteiger charge is -1.76. The summed E-state index contributed by atoms with van der Waals surface area (Å²) in [6.45, 7) is 0. The number of rotatable bonds is 0. The van der Waals surface area contributed by atoms with Crippen LogP contribution in [0.3, 0.4) is 0 Å². The first-order valence-corrected chi connectivity index (χ1v) is 3.60. The van der Waals surface area contributed by atoms with E-state index in [-0.39, 0.29) is 39.6 Å². The summed E-state index contributed by atoms with van der Waals surface area (Å²) in [5.41, 5.74) is 0. The van der Waals surface area contributed by atoms with E-state index >= 15 is 0 Å². The summed E-state index contributed by atoms with van der Waals surface area (Å²) in [5.74, 6) is 0. The second-order valence-corrected chi connectivity index (χ2v) is 1.61. The first-order valence-electron chi connectivity index (χ1n) is 1.20. The van der Waals surface area contributed by atoms with Crippen molar-refractivity contribution in [2.75, 3.05) is 0 Å². The van der Waals surface area contributed by atoms with Gasteiger partial charge in [0.15, 0.2) is 0 Å². The van der Waals surface area contributed by atoms with Crippen LogP contribution in [0.4, 0.5) is 0 Å². The molecule has 0 aliphatic heterocycles. The summed E-state index contributed by atoms with van der Waals surface area (Å²) >= 11 is 0. The predicted molar refractivity (Wildman–Crippen MR) is 71.6 cm³/mol. The van der Waals surface area contributed by atoms with E-state index in [2.05, 4.69) is 0 Å². The van der Waals surface area contributed by atoms with Gasteiger partial charge in [-0.1, -0.05) is 0 Å². The highest BCUT2D eigenvalue weighted by Crippen LogP contribution is 2.12. The molecular formula is H18O6P6. The van der Waals surface area contributed by atoms with Crippen LogP contribution in [0.15, 0.2) is 0 Å². The summed E-state index contributed by atoms with van der Waals surface area (Å²) in [5, 5.41) is 0. The molecule has 4 unspecified atom stereocenters. The van der Waals surface area contributed by atoms with E-state index in [4.69, 9.17) is 29.4 Å². The molecule has 4 atom stereocenters. The molecule has 0 spiro atoms. The fourth-order valence-electron chi connectivity index (χ4n) is 0. The van der Waals surface area contributed by atoms with Gasteiger partial charge in [-0.05, 0) is 0 Å². The lowest BCUT2D eigenvalue weighted by molar-refractivity contribution is 0.366. The van der Waals surface area contributed by atoms with E-state index in [9.17, 15) is 0 Å². The third-order valence-electron chi connectivity index (χ3n) is 0. The van der Waals surface area contributed by atoms with Gasteiger partial charge in [-0.3, -0.25) is 0 Å². The molecule has 0 heterocycles. The molecule has 12 heteroatoms. The van der Waals surface area contributed by atoms with Gasteiger partial charge in [0.2, 0.25) is 0 Å². The quantitative estimate of drug-likeness (QED) is 0.306. The second kappa shape index (κ2) is 29.2. The SMILES string of the molecule is OP(O)O.OP(O)O.P.P.P.P. The summed E-state index contributed by atoms with van der Waals surface area (Å²) in [4.78, 5) is 43.4. The van der Waals surface area contributed by atoms with Crippen molar-refractivity contribution in [3.05, 3.63) is 0 Å². The predicted octanol–water partition coefficient (Wildman–Crippen LogP) is -1.39. The molecule has 0 rings (SSSR count). The molecule has 0 aromatic carbocycles. The molecule has 0 aliphatic rings. The summed E-state index contributed by atoms with van der Waals surface area (Å²) in [6, 6.07) is 0. The van der Waals surface area contributed by atoms with Gasteiger partial charge in [0.1, 0.15) is 0 Å². The van der Waals surface area contributed by atoms with Gasteiger partial charge in [0.05, 0.1) is 0 Å². The highest BCUT2D eigenvalue weighted by atomic mass is 31.2. The van der Waals surface area contributed by atoms with Crippen molar-refractivity contribution >= 4 is 56.8 Å². The monoisotopic (exact) mass is 300 g/mol. The van der Waals surface area contributed by atoms with Gasteiger partial charge in [-0.25, -0.2) is 0 Å². The Hall–Kier alpha value is 2.34.